The van der Waals surface area contributed by atoms with E-state index >= 15 is 0 Å². The Balaban J connectivity index is 1.37. The van der Waals surface area contributed by atoms with Gasteiger partial charge in [-0.15, -0.1) is 0 Å². The highest BCUT2D eigenvalue weighted by Crippen LogP contribution is 2.31. The Bertz CT molecular complexity index is 1140. The first-order valence-corrected chi connectivity index (χ1v) is 11.2. The van der Waals surface area contributed by atoms with Gasteiger partial charge in [-0.3, -0.25) is 10.2 Å². The van der Waals surface area contributed by atoms with Gasteiger partial charge in [0.1, 0.15) is 29.8 Å². The summed E-state index contributed by atoms with van der Waals surface area (Å²) in [6, 6.07) is 14.5. The van der Waals surface area contributed by atoms with Crippen molar-refractivity contribution in [1.29, 1.82) is 5.41 Å². The number of nitrogens with one attached hydrogen (secondary N) is 1. The minimum Gasteiger partial charge on any atom is -0.490 e. The van der Waals surface area contributed by atoms with Gasteiger partial charge in [0.2, 0.25) is 5.17 Å². The van der Waals surface area contributed by atoms with E-state index in [1.54, 1.807) is 30.3 Å². The summed E-state index contributed by atoms with van der Waals surface area (Å²) in [6.45, 7) is 4.74. The van der Waals surface area contributed by atoms with Gasteiger partial charge < -0.3 is 9.47 Å². The molecule has 2 aromatic carbocycles. The highest BCUT2D eigenvalue weighted by atomic mass is 35.5. The number of benzene rings is 2. The third-order valence-electron chi connectivity index (χ3n) is 4.60. The number of hydrogen-bond acceptors (Lipinski definition) is 6. The maximum absolute atomic E-state index is 12.5. The summed E-state index contributed by atoms with van der Waals surface area (Å²) in [5.74, 6) is 1.08. The van der Waals surface area contributed by atoms with Crippen molar-refractivity contribution in [2.75, 3.05) is 13.2 Å². The van der Waals surface area contributed by atoms with Crippen LogP contribution in [0.2, 0.25) is 5.02 Å². The summed E-state index contributed by atoms with van der Waals surface area (Å²) < 4.78 is 11.3. The number of amidine groups is 2. The van der Waals surface area contributed by atoms with Crippen LogP contribution in [0.1, 0.15) is 19.4 Å². The molecular formula is C23H21ClN4O3S. The number of ether oxygens (including phenoxy) is 2. The summed E-state index contributed by atoms with van der Waals surface area (Å²) in [5, 5.41) is 16.1. The number of halogens is 1. The molecule has 2 aliphatic heterocycles. The second-order valence-corrected chi connectivity index (χ2v) is 8.70. The number of nitrogens with zero attached hydrogens (tertiary/aromatic N) is 3. The van der Waals surface area contributed by atoms with Gasteiger partial charge in [-0.2, -0.15) is 15.1 Å². The lowest BCUT2D eigenvalue weighted by atomic mass is 10.1. The van der Waals surface area contributed by atoms with E-state index in [4.69, 9.17) is 26.5 Å². The third kappa shape index (κ3) is 4.87. The minimum absolute atomic E-state index is 0.0280. The van der Waals surface area contributed by atoms with Crippen LogP contribution in [0.5, 0.6) is 11.5 Å². The van der Waals surface area contributed by atoms with E-state index < -0.39 is 5.91 Å². The van der Waals surface area contributed by atoms with Gasteiger partial charge in [0, 0.05) is 5.92 Å². The van der Waals surface area contributed by atoms with Crippen LogP contribution in [-0.4, -0.2) is 40.2 Å². The largest absolute Gasteiger partial charge is 0.490 e. The van der Waals surface area contributed by atoms with Crippen LogP contribution in [-0.2, 0) is 4.79 Å². The molecule has 32 heavy (non-hydrogen) atoms. The van der Waals surface area contributed by atoms with Crippen molar-refractivity contribution in [3.8, 4) is 11.5 Å². The number of fused-ring (bicyclic) bond motifs is 1. The van der Waals surface area contributed by atoms with E-state index in [1.807, 2.05) is 38.1 Å². The molecule has 0 bridgehead atoms. The SMILES string of the molecule is CC(C)C1=NN2C(=N)/C(=C/c3ccc(OCCOc4ccccc4Cl)cc3)C(=O)N=C2S1. The van der Waals surface area contributed by atoms with Crippen molar-refractivity contribution in [3.05, 3.63) is 64.7 Å². The first kappa shape index (κ1) is 22.1. The van der Waals surface area contributed by atoms with Gasteiger partial charge in [0.25, 0.3) is 5.91 Å². The Morgan fingerprint density at radius 2 is 1.84 bits per heavy atom. The molecule has 0 atom stereocenters. The maximum Gasteiger partial charge on any atom is 0.283 e. The molecule has 0 saturated carbocycles. The third-order valence-corrected chi connectivity index (χ3v) is 6.12. The van der Waals surface area contributed by atoms with E-state index in [1.165, 1.54) is 16.8 Å². The van der Waals surface area contributed by atoms with Gasteiger partial charge >= 0.3 is 0 Å². The summed E-state index contributed by atoms with van der Waals surface area (Å²) in [7, 11) is 0. The molecule has 0 spiro atoms. The summed E-state index contributed by atoms with van der Waals surface area (Å²) in [5.41, 5.74) is 0.959. The molecule has 4 rings (SSSR count). The lowest BCUT2D eigenvalue weighted by Crippen LogP contribution is -2.35. The normalized spacial score (nSPS) is 16.9. The lowest BCUT2D eigenvalue weighted by Gasteiger charge is -2.20. The van der Waals surface area contributed by atoms with E-state index in [0.717, 1.165) is 10.6 Å². The number of aliphatic imine (C=N–C) groups is 1. The summed E-state index contributed by atoms with van der Waals surface area (Å²) in [6.07, 6.45) is 1.64. The van der Waals surface area contributed by atoms with Gasteiger partial charge in [-0.05, 0) is 47.7 Å². The predicted molar refractivity (Wildman–Crippen MR) is 129 cm³/mol. The zero-order valence-corrected chi connectivity index (χ0v) is 19.1. The van der Waals surface area contributed by atoms with Gasteiger partial charge in [0.15, 0.2) is 5.84 Å². The van der Waals surface area contributed by atoms with Crippen molar-refractivity contribution >= 4 is 51.4 Å². The van der Waals surface area contributed by atoms with E-state index in [0.29, 0.717) is 34.9 Å². The van der Waals surface area contributed by atoms with Crippen LogP contribution in [0, 0.1) is 11.3 Å². The highest BCUT2D eigenvalue weighted by molar-refractivity contribution is 8.27. The van der Waals surface area contributed by atoms with Crippen molar-refractivity contribution in [1.82, 2.24) is 5.01 Å². The Morgan fingerprint density at radius 3 is 2.56 bits per heavy atom. The monoisotopic (exact) mass is 468 g/mol. The Hall–Kier alpha value is -3.10. The molecule has 0 fully saturated rings. The topological polar surface area (TPSA) is 87.3 Å². The number of hydrazone groups is 1. The molecular weight excluding hydrogens is 448 g/mol. The molecule has 7 nitrogen and oxygen atoms in total. The average molecular weight is 469 g/mol. The Morgan fingerprint density at radius 1 is 1.12 bits per heavy atom. The molecule has 164 valence electrons. The molecule has 1 N–H and O–H groups in total. The molecule has 0 aliphatic carbocycles. The van der Waals surface area contributed by atoms with E-state index in [9.17, 15) is 4.79 Å². The zero-order valence-electron chi connectivity index (χ0n) is 17.5. The van der Waals surface area contributed by atoms with Crippen LogP contribution in [0.4, 0.5) is 0 Å². The second-order valence-electron chi connectivity index (χ2n) is 7.31. The first-order valence-electron chi connectivity index (χ1n) is 10.0. The van der Waals surface area contributed by atoms with E-state index in [-0.39, 0.29) is 17.3 Å². The minimum atomic E-state index is -0.439. The number of carbonyl (C=O) groups is 1. The molecule has 2 aromatic rings. The number of rotatable bonds is 7. The number of thioether (sulfide) groups is 1. The van der Waals surface area contributed by atoms with Crippen molar-refractivity contribution < 1.29 is 14.3 Å². The number of amides is 1. The molecule has 2 aliphatic rings. The van der Waals surface area contributed by atoms with Gasteiger partial charge in [-0.1, -0.05) is 49.7 Å². The zero-order chi connectivity index (χ0) is 22.7. The Labute approximate surface area is 195 Å². The van der Waals surface area contributed by atoms with Crippen LogP contribution in [0.25, 0.3) is 6.08 Å². The van der Waals surface area contributed by atoms with Crippen LogP contribution in [0.3, 0.4) is 0 Å². The van der Waals surface area contributed by atoms with Crippen molar-refractivity contribution in [2.24, 2.45) is 16.0 Å². The summed E-state index contributed by atoms with van der Waals surface area (Å²) in [4.78, 5) is 16.6. The smallest absolute Gasteiger partial charge is 0.283 e. The fourth-order valence-electron chi connectivity index (χ4n) is 2.94. The standard InChI is InChI=1S/C23H21ClN4O3S/c1-14(2)22-27-28-20(25)17(21(29)26-23(28)32-22)13-15-7-9-16(10-8-15)30-11-12-31-19-6-4-3-5-18(19)24/h3-10,13-14,25H,11-12H2,1-2H3/b17-13-,25-20?. The molecule has 0 aromatic heterocycles. The second kappa shape index (κ2) is 9.58. The molecule has 0 unspecified atom stereocenters. The molecule has 9 heteroatoms. The van der Waals surface area contributed by atoms with Crippen LogP contribution < -0.4 is 9.47 Å². The fourth-order valence-corrected chi connectivity index (χ4v) is 4.02. The fraction of sp³-hybridized carbons (Fsp3) is 0.217. The van der Waals surface area contributed by atoms with Gasteiger partial charge in [0.05, 0.1) is 10.6 Å². The molecule has 0 radical (unpaired) electrons. The van der Waals surface area contributed by atoms with Crippen molar-refractivity contribution in [3.63, 3.8) is 0 Å². The number of para-hydroxylation sites is 1. The average Bonchev–Trinajstić information content (AvgIpc) is 3.21. The highest BCUT2D eigenvalue weighted by Gasteiger charge is 2.36. The van der Waals surface area contributed by atoms with E-state index in [2.05, 4.69) is 10.1 Å². The lowest BCUT2D eigenvalue weighted by molar-refractivity contribution is -0.114. The molecule has 1 amide bonds. The van der Waals surface area contributed by atoms with Crippen molar-refractivity contribution in [2.45, 2.75) is 13.8 Å². The van der Waals surface area contributed by atoms with Crippen LogP contribution in [0.15, 0.2) is 64.2 Å². The summed E-state index contributed by atoms with van der Waals surface area (Å²) >= 11 is 7.39. The quantitative estimate of drug-likeness (QED) is 0.452. The molecule has 2 heterocycles. The Kier molecular flexibility index (Phi) is 6.62. The molecule has 0 saturated heterocycles. The maximum atomic E-state index is 12.5. The number of hydrogen-bond donors (Lipinski definition) is 1. The van der Waals surface area contributed by atoms with Crippen LogP contribution >= 0.6 is 23.4 Å². The predicted octanol–water partition coefficient (Wildman–Crippen LogP) is 5.07. The number of carbonyl (C=O) groups excluding carboxylic acids is 1. The first-order chi connectivity index (χ1) is 15.4. The van der Waals surface area contributed by atoms with Gasteiger partial charge in [-0.25, -0.2) is 0 Å².